The number of amides is 13. The molecule has 1 fully saturated rings. The fraction of sp³-hybridized carbons (Fsp3) is 0.457. The van der Waals surface area contributed by atoms with E-state index < -0.39 is 169 Å². The lowest BCUT2D eigenvalue weighted by atomic mass is 10.0. The Morgan fingerprint density at radius 1 is 0.505 bits per heavy atom. The Bertz CT molecular complexity index is 3480. The van der Waals surface area contributed by atoms with Gasteiger partial charge < -0.3 is 86.5 Å². The van der Waals surface area contributed by atoms with Gasteiger partial charge in [0.15, 0.2) is 0 Å². The van der Waals surface area contributed by atoms with Gasteiger partial charge in [-0.05, 0) is 98.2 Å². The van der Waals surface area contributed by atoms with Gasteiger partial charge in [0, 0.05) is 57.9 Å². The zero-order chi connectivity index (χ0) is 74.1. The predicted molar refractivity (Wildman–Crippen MR) is 375 cm³/mol. The van der Waals surface area contributed by atoms with Gasteiger partial charge in [-0.3, -0.25) is 67.1 Å². The van der Waals surface area contributed by atoms with Crippen molar-refractivity contribution in [3.05, 3.63) is 138 Å². The van der Waals surface area contributed by atoms with Crippen molar-refractivity contribution in [1.82, 2.24) is 52.8 Å². The van der Waals surface area contributed by atoms with Crippen LogP contribution in [0.2, 0.25) is 0 Å². The summed E-state index contributed by atoms with van der Waals surface area (Å²) >= 11 is 0.892. The summed E-state index contributed by atoms with van der Waals surface area (Å²) < 4.78 is 0. The molecule has 0 aliphatic carbocycles. The molecule has 0 bridgehead atoms. The quantitative estimate of drug-likeness (QED) is 0.0223. The van der Waals surface area contributed by atoms with E-state index in [2.05, 4.69) is 47.9 Å². The number of carbonyl (C=O) groups excluding carboxylic acids is 14. The van der Waals surface area contributed by atoms with Gasteiger partial charge in [0.1, 0.15) is 54.1 Å². The Balaban J connectivity index is 1.41. The fourth-order valence-corrected chi connectivity index (χ4v) is 11.9. The number of thioether (sulfide) groups is 1. The Morgan fingerprint density at radius 2 is 0.901 bits per heavy atom. The van der Waals surface area contributed by atoms with Crippen LogP contribution in [0.15, 0.2) is 115 Å². The van der Waals surface area contributed by atoms with Gasteiger partial charge in [-0.25, -0.2) is 0 Å². The number of phenols is 1. The molecular weight excluding hydrogens is 1320 g/mol. The lowest BCUT2D eigenvalue weighted by molar-refractivity contribution is -0.140. The molecule has 20 N–H and O–H groups in total. The zero-order valence-corrected chi connectivity index (χ0v) is 57.8. The fourth-order valence-electron chi connectivity index (χ4n) is 11.1. The monoisotopic (exact) mass is 1420 g/mol. The number of likely N-dealkylation sites (tertiary alicyclic amines) is 1. The molecule has 1 saturated heterocycles. The molecule has 0 saturated carbocycles. The highest BCUT2D eigenvalue weighted by atomic mass is 32.2. The number of hydrogen-bond donors (Lipinski definition) is 15. The van der Waals surface area contributed by atoms with E-state index in [0.29, 0.717) is 23.1 Å². The summed E-state index contributed by atoms with van der Waals surface area (Å²) in [6.45, 7) is 5.48. The first-order chi connectivity index (χ1) is 48.1. The molecule has 1 aliphatic rings. The largest absolute Gasteiger partial charge is 0.508 e. The summed E-state index contributed by atoms with van der Waals surface area (Å²) in [5, 5.41) is 33.1. The van der Waals surface area contributed by atoms with E-state index in [4.69, 9.17) is 28.7 Å². The standard InChI is InChI=1S/C70H95N15O15S/c1-41(2)35-56(70(100)101-34-32-76-42(3)86)84-61(91)49(21-13-31-71)77-62(92)50(27-29-58(73)88)78-64(94)53(39-46-23-25-47(87)26-24-46)80-63(93)51(28-30-59(74)89)79-67(97)55(40-60(75)90)82-65(95)52(37-44-17-9-5-10-18-44)81-66(96)54(38-45-19-11-6-12-20-45)83-68(98)57-22-14-33-85(57)69(99)48(72)36-43-15-7-4-8-16-43/h4-12,15-20,23-26,41,48-57,87H,13-14,21-22,27-40,71-72H2,1-3H3,(H2,73,88)(H2,74,89)(H2,75,90)(H,76,86)(H,77,92)(H,78,94)(H,79,97)(H,80,93)(H,81,96)(H,82,95)(H,83,98)(H,84,91)/t48-,49+,50+,51+,52-,53+,54+,55+,56+,57+/m1/s1. The highest BCUT2D eigenvalue weighted by Crippen LogP contribution is 2.21. The minimum absolute atomic E-state index is 0.0508. The Hall–Kier alpha value is -10.3. The number of hydrogen-bond acceptors (Lipinski definition) is 18. The summed E-state index contributed by atoms with van der Waals surface area (Å²) in [4.78, 5) is 194. The van der Waals surface area contributed by atoms with E-state index in [-0.39, 0.29) is 94.3 Å². The molecule has 0 radical (unpaired) electrons. The van der Waals surface area contributed by atoms with Crippen LogP contribution in [0.4, 0.5) is 0 Å². The van der Waals surface area contributed by atoms with E-state index in [1.807, 2.05) is 44.2 Å². The van der Waals surface area contributed by atoms with E-state index in [9.17, 15) is 72.2 Å². The third-order valence-electron chi connectivity index (χ3n) is 16.3. The van der Waals surface area contributed by atoms with Crippen molar-refractivity contribution in [2.75, 3.05) is 25.4 Å². The molecule has 546 valence electrons. The number of phenolic OH excluding ortho intramolecular Hbond substituents is 1. The first kappa shape index (κ1) is 81.4. The smallest absolute Gasteiger partial charge is 0.243 e. The summed E-state index contributed by atoms with van der Waals surface area (Å²) in [7, 11) is 0. The SMILES string of the molecule is CC(=O)NCCSC(=O)[C@H](CC(C)C)NC(=O)[C@H](CCCN)NC(=O)[C@H](CCC(N)=O)NC(=O)[C@H](Cc1ccc(O)cc1)NC(=O)[C@H](CCC(N)=O)NC(=O)[C@H](CC(N)=O)NC(=O)[C@@H](Cc1ccccc1)NC(=O)[C@H](Cc1ccccc1)NC(=O)[C@@H]1CCCN1C(=O)[C@H](N)Cc1ccccc1. The van der Waals surface area contributed by atoms with Crippen molar-refractivity contribution >= 4 is 93.7 Å². The van der Waals surface area contributed by atoms with Crippen molar-refractivity contribution < 1.29 is 72.2 Å². The minimum atomic E-state index is -1.91. The number of carbonyl (C=O) groups is 14. The molecule has 4 aromatic carbocycles. The summed E-state index contributed by atoms with van der Waals surface area (Å²) in [5.74, 6) is -11.6. The highest BCUT2D eigenvalue weighted by Gasteiger charge is 2.40. The van der Waals surface area contributed by atoms with Gasteiger partial charge in [-0.2, -0.15) is 0 Å². The maximum absolute atomic E-state index is 14.8. The molecule has 30 nitrogen and oxygen atoms in total. The third-order valence-corrected chi connectivity index (χ3v) is 17.3. The molecule has 31 heteroatoms. The maximum Gasteiger partial charge on any atom is 0.243 e. The van der Waals surface area contributed by atoms with Gasteiger partial charge in [0.05, 0.1) is 18.5 Å². The van der Waals surface area contributed by atoms with Crippen LogP contribution in [0.3, 0.4) is 0 Å². The van der Waals surface area contributed by atoms with Crippen LogP contribution in [0, 0.1) is 5.92 Å². The molecule has 4 aromatic rings. The Labute approximate surface area is 590 Å². The number of benzene rings is 4. The number of aromatic hydroxyl groups is 1. The molecule has 101 heavy (non-hydrogen) atoms. The maximum atomic E-state index is 14.8. The van der Waals surface area contributed by atoms with Gasteiger partial charge in [-0.1, -0.05) is 129 Å². The van der Waals surface area contributed by atoms with Crippen molar-refractivity contribution in [1.29, 1.82) is 0 Å². The molecule has 1 aliphatic heterocycles. The second-order valence-electron chi connectivity index (χ2n) is 25.1. The van der Waals surface area contributed by atoms with Crippen molar-refractivity contribution in [3.8, 4) is 5.75 Å². The van der Waals surface area contributed by atoms with Crippen molar-refractivity contribution in [3.63, 3.8) is 0 Å². The predicted octanol–water partition coefficient (Wildman–Crippen LogP) is -1.55. The normalized spacial score (nSPS) is 15.2. The summed E-state index contributed by atoms with van der Waals surface area (Å²) in [5.41, 5.74) is 31.2. The molecule has 0 aromatic heterocycles. The zero-order valence-electron chi connectivity index (χ0n) is 57.0. The first-order valence-corrected chi connectivity index (χ1v) is 34.4. The van der Waals surface area contributed by atoms with E-state index >= 15 is 0 Å². The summed E-state index contributed by atoms with van der Waals surface area (Å²) in [6.07, 6.45) is -2.39. The molecule has 0 spiro atoms. The van der Waals surface area contributed by atoms with Crippen molar-refractivity contribution in [2.45, 2.75) is 171 Å². The van der Waals surface area contributed by atoms with Gasteiger partial charge in [0.2, 0.25) is 81.9 Å². The first-order valence-electron chi connectivity index (χ1n) is 33.5. The van der Waals surface area contributed by atoms with Crippen LogP contribution >= 0.6 is 11.8 Å². The van der Waals surface area contributed by atoms with E-state index in [1.54, 1.807) is 60.7 Å². The van der Waals surface area contributed by atoms with Crippen molar-refractivity contribution in [2.24, 2.45) is 34.6 Å². The lowest BCUT2D eigenvalue weighted by Gasteiger charge is -2.29. The van der Waals surface area contributed by atoms with Crippen LogP contribution in [-0.4, -0.2) is 178 Å². The summed E-state index contributed by atoms with van der Waals surface area (Å²) in [6, 6.07) is 17.2. The molecule has 10 atom stereocenters. The molecule has 5 rings (SSSR count). The van der Waals surface area contributed by atoms with Gasteiger partial charge >= 0.3 is 0 Å². The number of primary amides is 3. The molecule has 0 unspecified atom stereocenters. The second-order valence-corrected chi connectivity index (χ2v) is 26.2. The van der Waals surface area contributed by atoms with E-state index in [1.165, 1.54) is 36.1 Å². The van der Waals surface area contributed by atoms with Gasteiger partial charge in [-0.15, -0.1) is 0 Å². The molecular formula is C70H95N15O15S. The second kappa shape index (κ2) is 42.0. The Morgan fingerprint density at radius 3 is 1.34 bits per heavy atom. The topological polar surface area (TPSA) is 501 Å². The lowest BCUT2D eigenvalue weighted by Crippen LogP contribution is -2.61. The Kier molecular flexibility index (Phi) is 33.8. The van der Waals surface area contributed by atoms with Crippen LogP contribution in [-0.2, 0) is 92.8 Å². The molecule has 13 amide bonds. The minimum Gasteiger partial charge on any atom is -0.508 e. The number of nitrogens with one attached hydrogen (secondary N) is 9. The van der Waals surface area contributed by atoms with Crippen LogP contribution in [0.5, 0.6) is 5.75 Å². The average molecular weight is 1420 g/mol. The van der Waals surface area contributed by atoms with Crippen LogP contribution < -0.4 is 76.5 Å². The van der Waals surface area contributed by atoms with Crippen LogP contribution in [0.1, 0.15) is 107 Å². The van der Waals surface area contributed by atoms with Crippen LogP contribution in [0.25, 0.3) is 0 Å². The average Bonchev–Trinajstić information content (AvgIpc) is 1.72. The third kappa shape index (κ3) is 28.8. The number of nitrogens with two attached hydrogens (primary N) is 5. The molecule has 1 heterocycles. The highest BCUT2D eigenvalue weighted by molar-refractivity contribution is 8.13. The number of rotatable bonds is 42. The van der Waals surface area contributed by atoms with Gasteiger partial charge in [0.25, 0.3) is 0 Å². The van der Waals surface area contributed by atoms with E-state index in [0.717, 1.165) is 17.3 Å². The number of nitrogens with zero attached hydrogens (tertiary/aromatic N) is 1.